The van der Waals surface area contributed by atoms with Gasteiger partial charge in [-0.3, -0.25) is 9.59 Å². The van der Waals surface area contributed by atoms with Crippen LogP contribution >= 0.6 is 34.8 Å². The van der Waals surface area contributed by atoms with E-state index in [0.717, 1.165) is 31.2 Å². The number of halogens is 3. The zero-order valence-corrected chi connectivity index (χ0v) is 23.3. The fraction of sp³-hybridized carbons (Fsp3) is 0.333. The molecule has 1 aliphatic carbocycles. The fourth-order valence-corrected chi connectivity index (χ4v) is 5.37. The van der Waals surface area contributed by atoms with E-state index >= 15 is 0 Å². The Morgan fingerprint density at radius 2 is 1.61 bits per heavy atom. The molecule has 1 atom stereocenters. The highest BCUT2D eigenvalue weighted by Gasteiger charge is 2.32. The lowest BCUT2D eigenvalue weighted by Gasteiger charge is -2.33. The van der Waals surface area contributed by atoms with Crippen molar-refractivity contribution in [1.82, 2.24) is 10.2 Å². The highest BCUT2D eigenvalue weighted by Crippen LogP contribution is 2.26. The summed E-state index contributed by atoms with van der Waals surface area (Å²) >= 11 is 18.9. The minimum Gasteiger partial charge on any atom is -0.482 e. The quantitative estimate of drug-likeness (QED) is 0.281. The molecule has 3 aromatic carbocycles. The Kier molecular flexibility index (Phi) is 10.3. The topological polar surface area (TPSA) is 58.6 Å². The maximum absolute atomic E-state index is 13.8. The first-order chi connectivity index (χ1) is 18.4. The maximum Gasteiger partial charge on any atom is 0.261 e. The van der Waals surface area contributed by atoms with Gasteiger partial charge in [0.25, 0.3) is 5.91 Å². The summed E-state index contributed by atoms with van der Waals surface area (Å²) in [7, 11) is 0. The highest BCUT2D eigenvalue weighted by atomic mass is 35.5. The molecule has 2 amide bonds. The molecule has 8 heteroatoms. The predicted molar refractivity (Wildman–Crippen MR) is 153 cm³/mol. The number of carbonyl (C=O) groups is 2. The smallest absolute Gasteiger partial charge is 0.261 e. The van der Waals surface area contributed by atoms with Crippen LogP contribution in [0.1, 0.15) is 43.2 Å². The third-order valence-electron chi connectivity index (χ3n) is 6.77. The van der Waals surface area contributed by atoms with Gasteiger partial charge in [0.15, 0.2) is 6.61 Å². The van der Waals surface area contributed by atoms with E-state index in [2.05, 4.69) is 5.32 Å². The zero-order valence-electron chi connectivity index (χ0n) is 21.0. The average molecular weight is 574 g/mol. The van der Waals surface area contributed by atoms with Crippen molar-refractivity contribution < 1.29 is 14.3 Å². The van der Waals surface area contributed by atoms with Crippen LogP contribution in [0, 0.1) is 0 Å². The van der Waals surface area contributed by atoms with Gasteiger partial charge in [-0.2, -0.15) is 0 Å². The molecule has 4 rings (SSSR count). The van der Waals surface area contributed by atoms with Gasteiger partial charge in [-0.15, -0.1) is 0 Å². The van der Waals surface area contributed by atoms with Gasteiger partial charge in [0, 0.05) is 29.1 Å². The number of amides is 2. The number of carbonyl (C=O) groups excluding carboxylic acids is 2. The van der Waals surface area contributed by atoms with Crippen molar-refractivity contribution in [2.45, 2.75) is 57.2 Å². The fourth-order valence-electron chi connectivity index (χ4n) is 4.72. The van der Waals surface area contributed by atoms with Crippen LogP contribution in [0.25, 0.3) is 0 Å². The van der Waals surface area contributed by atoms with Crippen molar-refractivity contribution in [1.29, 1.82) is 0 Å². The second-order valence-electron chi connectivity index (χ2n) is 9.53. The number of hydrogen-bond donors (Lipinski definition) is 1. The van der Waals surface area contributed by atoms with Crippen LogP contribution in [0.3, 0.4) is 0 Å². The van der Waals surface area contributed by atoms with Crippen LogP contribution < -0.4 is 10.1 Å². The van der Waals surface area contributed by atoms with Crippen LogP contribution in [0.15, 0.2) is 72.8 Å². The number of rotatable bonds is 10. The molecule has 0 heterocycles. The van der Waals surface area contributed by atoms with Gasteiger partial charge in [-0.1, -0.05) is 103 Å². The minimum absolute atomic E-state index is 0.102. The second-order valence-corrected chi connectivity index (χ2v) is 10.8. The van der Waals surface area contributed by atoms with E-state index < -0.39 is 6.04 Å². The Morgan fingerprint density at radius 1 is 0.895 bits per heavy atom. The number of hydrogen-bond acceptors (Lipinski definition) is 3. The Morgan fingerprint density at radius 3 is 2.32 bits per heavy atom. The molecule has 0 bridgehead atoms. The average Bonchev–Trinajstić information content (AvgIpc) is 2.92. The Labute approximate surface area is 239 Å². The van der Waals surface area contributed by atoms with Crippen LogP contribution in [-0.2, 0) is 22.6 Å². The van der Waals surface area contributed by atoms with E-state index in [9.17, 15) is 9.59 Å². The lowest BCUT2D eigenvalue weighted by atomic mass is 9.94. The normalized spacial score (nSPS) is 14.5. The molecule has 0 aliphatic heterocycles. The lowest BCUT2D eigenvalue weighted by Crippen LogP contribution is -2.53. The molecule has 1 fully saturated rings. The predicted octanol–water partition coefficient (Wildman–Crippen LogP) is 7.11. The molecule has 38 heavy (non-hydrogen) atoms. The third-order valence-corrected chi connectivity index (χ3v) is 7.67. The summed E-state index contributed by atoms with van der Waals surface area (Å²) in [6, 6.07) is 21.1. The first-order valence-corrected chi connectivity index (χ1v) is 14.0. The third kappa shape index (κ3) is 7.89. The van der Waals surface area contributed by atoms with Crippen LogP contribution in [0.4, 0.5) is 0 Å². The highest BCUT2D eigenvalue weighted by molar-refractivity contribution is 6.35. The summed E-state index contributed by atoms with van der Waals surface area (Å²) < 4.78 is 5.79. The summed E-state index contributed by atoms with van der Waals surface area (Å²) in [6.45, 7) is -0.159. The Balaban J connectivity index is 1.64. The van der Waals surface area contributed by atoms with E-state index in [1.54, 1.807) is 47.4 Å². The molecule has 0 saturated heterocycles. The van der Waals surface area contributed by atoms with Crippen molar-refractivity contribution in [3.05, 3.63) is 99.0 Å². The molecule has 5 nitrogen and oxygen atoms in total. The summed E-state index contributed by atoms with van der Waals surface area (Å²) in [5.74, 6) is -0.133. The summed E-state index contributed by atoms with van der Waals surface area (Å²) in [5.41, 5.74) is 1.63. The molecule has 1 N–H and O–H groups in total. The Bertz CT molecular complexity index is 1230. The summed E-state index contributed by atoms with van der Waals surface area (Å²) in [5, 5.41) is 4.54. The summed E-state index contributed by atoms with van der Waals surface area (Å²) in [6.07, 6.45) is 5.58. The summed E-state index contributed by atoms with van der Waals surface area (Å²) in [4.78, 5) is 29.1. The van der Waals surface area contributed by atoms with Crippen molar-refractivity contribution in [2.75, 3.05) is 6.61 Å². The lowest BCUT2D eigenvalue weighted by molar-refractivity contribution is -0.143. The SMILES string of the molecule is O=C(NC1CCCCC1)C(Cc1ccccc1)N(Cc1ccc(Cl)cc1Cl)C(=O)COc1ccccc1Cl. The number of nitrogens with one attached hydrogen (secondary N) is 1. The molecule has 1 unspecified atom stereocenters. The van der Waals surface area contributed by atoms with Crippen LogP contribution in [0.5, 0.6) is 5.75 Å². The Hall–Kier alpha value is -2.73. The molecular formula is C30H31Cl3N2O3. The van der Waals surface area contributed by atoms with Crippen molar-refractivity contribution in [3.8, 4) is 5.75 Å². The van der Waals surface area contributed by atoms with Crippen molar-refractivity contribution >= 4 is 46.6 Å². The van der Waals surface area contributed by atoms with Crippen LogP contribution in [-0.4, -0.2) is 35.4 Å². The van der Waals surface area contributed by atoms with E-state index in [1.807, 2.05) is 30.3 Å². The van der Waals surface area contributed by atoms with Gasteiger partial charge in [-0.25, -0.2) is 0 Å². The van der Waals surface area contributed by atoms with Crippen LogP contribution in [0.2, 0.25) is 15.1 Å². The number of ether oxygens (including phenoxy) is 1. The number of nitrogens with zero attached hydrogens (tertiary/aromatic N) is 1. The zero-order chi connectivity index (χ0) is 26.9. The van der Waals surface area contributed by atoms with Gasteiger partial charge in [0.05, 0.1) is 5.02 Å². The molecule has 0 spiro atoms. The van der Waals surface area contributed by atoms with Gasteiger partial charge in [-0.05, 0) is 48.2 Å². The van der Waals surface area contributed by atoms with Gasteiger partial charge < -0.3 is 15.0 Å². The van der Waals surface area contributed by atoms with E-state index in [1.165, 1.54) is 6.42 Å². The first kappa shape index (κ1) is 28.3. The standard InChI is InChI=1S/C30H31Cl3N2O3/c31-23-16-15-22(26(33)18-23)19-35(29(36)20-38-28-14-8-7-13-25(28)32)27(17-21-9-3-1-4-10-21)30(37)34-24-11-5-2-6-12-24/h1,3-4,7-10,13-16,18,24,27H,2,5-6,11-12,17,19-20H2,(H,34,37). The van der Waals surface area contributed by atoms with Crippen molar-refractivity contribution in [2.24, 2.45) is 0 Å². The maximum atomic E-state index is 13.8. The molecule has 0 radical (unpaired) electrons. The largest absolute Gasteiger partial charge is 0.482 e. The number of benzene rings is 3. The van der Waals surface area contributed by atoms with E-state index in [4.69, 9.17) is 39.5 Å². The second kappa shape index (κ2) is 13.9. The molecule has 1 aliphatic rings. The van der Waals surface area contributed by atoms with Gasteiger partial charge >= 0.3 is 0 Å². The van der Waals surface area contributed by atoms with E-state index in [-0.39, 0.29) is 31.0 Å². The molecular weight excluding hydrogens is 543 g/mol. The van der Waals surface area contributed by atoms with Crippen molar-refractivity contribution in [3.63, 3.8) is 0 Å². The van der Waals surface area contributed by atoms with Gasteiger partial charge in [0.2, 0.25) is 5.91 Å². The monoisotopic (exact) mass is 572 g/mol. The minimum atomic E-state index is -0.770. The first-order valence-electron chi connectivity index (χ1n) is 12.9. The van der Waals surface area contributed by atoms with Gasteiger partial charge in [0.1, 0.15) is 11.8 Å². The number of para-hydroxylation sites is 1. The molecule has 0 aromatic heterocycles. The molecule has 3 aromatic rings. The molecule has 200 valence electrons. The molecule has 1 saturated carbocycles. The van der Waals surface area contributed by atoms with E-state index in [0.29, 0.717) is 32.8 Å².